The molecule has 29 heavy (non-hydrogen) atoms. The number of esters is 1. The molecule has 5 nitrogen and oxygen atoms in total. The Hall–Kier alpha value is -2.64. The van der Waals surface area contributed by atoms with Gasteiger partial charge in [0, 0.05) is 24.8 Å². The van der Waals surface area contributed by atoms with Crippen LogP contribution in [0.3, 0.4) is 0 Å². The maximum absolute atomic E-state index is 13.1. The van der Waals surface area contributed by atoms with Crippen LogP contribution in [0.15, 0.2) is 30.5 Å². The number of carbonyl (C=O) groups is 1. The lowest BCUT2D eigenvalue weighted by Crippen LogP contribution is -2.30. The number of rotatable bonds is 8. The maximum Gasteiger partial charge on any atom is 0.416 e. The van der Waals surface area contributed by atoms with Crippen LogP contribution in [0.4, 0.5) is 19.0 Å². The maximum atomic E-state index is 13.1. The van der Waals surface area contributed by atoms with Gasteiger partial charge in [0.1, 0.15) is 11.4 Å². The van der Waals surface area contributed by atoms with E-state index in [0.717, 1.165) is 37.9 Å². The van der Waals surface area contributed by atoms with Crippen molar-refractivity contribution in [2.24, 2.45) is 5.92 Å². The highest BCUT2D eigenvalue weighted by molar-refractivity contribution is 5.94. The van der Waals surface area contributed by atoms with Crippen molar-refractivity contribution in [3.63, 3.8) is 0 Å². The zero-order chi connectivity index (χ0) is 21.0. The van der Waals surface area contributed by atoms with Crippen LogP contribution in [0.1, 0.15) is 49.0 Å². The van der Waals surface area contributed by atoms with E-state index >= 15 is 0 Å². The van der Waals surface area contributed by atoms with E-state index in [1.165, 1.54) is 18.3 Å². The fraction of sp³-hybridized carbons (Fsp3) is 0.476. The largest absolute Gasteiger partial charge is 0.462 e. The molecule has 0 atom stereocenters. The molecule has 0 bridgehead atoms. The van der Waals surface area contributed by atoms with Crippen molar-refractivity contribution in [3.8, 4) is 11.4 Å². The van der Waals surface area contributed by atoms with Crippen molar-refractivity contribution in [2.45, 2.75) is 39.3 Å². The van der Waals surface area contributed by atoms with E-state index in [0.29, 0.717) is 18.3 Å². The molecule has 0 spiro atoms. The number of halogens is 3. The zero-order valence-corrected chi connectivity index (χ0v) is 16.5. The first-order valence-corrected chi connectivity index (χ1v) is 9.80. The summed E-state index contributed by atoms with van der Waals surface area (Å²) in [5.74, 6) is 0.578. The number of benzene rings is 1. The van der Waals surface area contributed by atoms with E-state index in [2.05, 4.69) is 9.97 Å². The van der Waals surface area contributed by atoms with Gasteiger partial charge in [0.25, 0.3) is 0 Å². The Bertz CT molecular complexity index is 866. The number of ether oxygens (including phenoxy) is 1. The third kappa shape index (κ3) is 5.25. The monoisotopic (exact) mass is 407 g/mol. The minimum Gasteiger partial charge on any atom is -0.462 e. The highest BCUT2D eigenvalue weighted by Gasteiger charge is 2.31. The van der Waals surface area contributed by atoms with Gasteiger partial charge >= 0.3 is 12.1 Å². The minimum atomic E-state index is -4.45. The zero-order valence-electron chi connectivity index (χ0n) is 16.5. The Kier molecular flexibility index (Phi) is 6.39. The molecule has 1 saturated carbocycles. The van der Waals surface area contributed by atoms with E-state index in [-0.39, 0.29) is 23.6 Å². The summed E-state index contributed by atoms with van der Waals surface area (Å²) in [6, 6.07) is 4.89. The van der Waals surface area contributed by atoms with Crippen molar-refractivity contribution in [3.05, 3.63) is 41.6 Å². The fourth-order valence-electron chi connectivity index (χ4n) is 3.11. The minimum absolute atomic E-state index is 0.149. The fourth-order valence-corrected chi connectivity index (χ4v) is 3.11. The number of hydrogen-bond donors (Lipinski definition) is 0. The van der Waals surface area contributed by atoms with Crippen molar-refractivity contribution in [1.82, 2.24) is 9.97 Å². The predicted molar refractivity (Wildman–Crippen MR) is 104 cm³/mol. The van der Waals surface area contributed by atoms with Gasteiger partial charge in [0.2, 0.25) is 0 Å². The number of nitrogens with zero attached hydrogens (tertiary/aromatic N) is 3. The third-order valence-electron chi connectivity index (χ3n) is 4.68. The number of carbonyl (C=O) groups excluding carboxylic acids is 1. The first kappa shape index (κ1) is 21.1. The van der Waals surface area contributed by atoms with Crippen LogP contribution in [-0.2, 0) is 10.9 Å². The van der Waals surface area contributed by atoms with Crippen molar-refractivity contribution >= 4 is 11.8 Å². The molecule has 1 heterocycles. The smallest absolute Gasteiger partial charge is 0.416 e. The van der Waals surface area contributed by atoms with Crippen molar-refractivity contribution in [1.29, 1.82) is 0 Å². The van der Waals surface area contributed by atoms with Gasteiger partial charge in [-0.05, 0) is 44.2 Å². The van der Waals surface area contributed by atoms with Gasteiger partial charge in [-0.3, -0.25) is 0 Å². The Balaban J connectivity index is 2.04. The van der Waals surface area contributed by atoms with Crippen LogP contribution < -0.4 is 4.90 Å². The summed E-state index contributed by atoms with van der Waals surface area (Å²) in [7, 11) is 0. The molecule has 0 saturated heterocycles. The van der Waals surface area contributed by atoms with Crippen molar-refractivity contribution in [2.75, 3.05) is 24.6 Å². The van der Waals surface area contributed by atoms with Crippen LogP contribution in [0.2, 0.25) is 0 Å². The molecule has 0 unspecified atom stereocenters. The Morgan fingerprint density at radius 3 is 2.66 bits per heavy atom. The van der Waals surface area contributed by atoms with Gasteiger partial charge in [-0.2, -0.15) is 13.2 Å². The average Bonchev–Trinajstić information content (AvgIpc) is 3.51. The van der Waals surface area contributed by atoms with E-state index < -0.39 is 17.7 Å². The Morgan fingerprint density at radius 1 is 1.28 bits per heavy atom. The van der Waals surface area contributed by atoms with Gasteiger partial charge < -0.3 is 9.64 Å². The van der Waals surface area contributed by atoms with Crippen LogP contribution in [-0.4, -0.2) is 35.6 Å². The number of alkyl halides is 3. The molecule has 1 aromatic carbocycles. The molecule has 8 heteroatoms. The molecule has 1 aliphatic carbocycles. The molecule has 0 aliphatic heterocycles. The lowest BCUT2D eigenvalue weighted by molar-refractivity contribution is -0.137. The van der Waals surface area contributed by atoms with Crippen LogP contribution in [0, 0.1) is 5.92 Å². The van der Waals surface area contributed by atoms with Crippen LogP contribution >= 0.6 is 0 Å². The molecular formula is C21H24F3N3O2. The van der Waals surface area contributed by atoms with E-state index in [9.17, 15) is 18.0 Å². The summed E-state index contributed by atoms with van der Waals surface area (Å²) in [6.07, 6.45) is -0.00562. The van der Waals surface area contributed by atoms with E-state index in [1.54, 1.807) is 6.92 Å². The third-order valence-corrected chi connectivity index (χ3v) is 4.68. The summed E-state index contributed by atoms with van der Waals surface area (Å²) in [5, 5.41) is 0. The topological polar surface area (TPSA) is 55.3 Å². The number of anilines is 1. The normalized spacial score (nSPS) is 14.0. The molecule has 1 aliphatic rings. The highest BCUT2D eigenvalue weighted by Crippen LogP contribution is 2.34. The van der Waals surface area contributed by atoms with Gasteiger partial charge in [-0.15, -0.1) is 0 Å². The predicted octanol–water partition coefficient (Wildman–Crippen LogP) is 4.97. The van der Waals surface area contributed by atoms with E-state index in [4.69, 9.17) is 4.74 Å². The SMILES string of the molecule is CCCN(CC1CC1)c1nc(-c2cccc(C(F)(F)F)c2)ncc1C(=O)OCC. The molecule has 2 aromatic rings. The Morgan fingerprint density at radius 2 is 2.03 bits per heavy atom. The van der Waals surface area contributed by atoms with Gasteiger partial charge in [0.05, 0.1) is 12.2 Å². The lowest BCUT2D eigenvalue weighted by atomic mass is 10.1. The molecule has 0 N–H and O–H groups in total. The van der Waals surface area contributed by atoms with Crippen molar-refractivity contribution < 1.29 is 22.7 Å². The van der Waals surface area contributed by atoms with Gasteiger partial charge in [-0.25, -0.2) is 14.8 Å². The molecule has 0 amide bonds. The van der Waals surface area contributed by atoms with Gasteiger partial charge in [-0.1, -0.05) is 19.1 Å². The second kappa shape index (κ2) is 8.80. The highest BCUT2D eigenvalue weighted by atomic mass is 19.4. The van der Waals surface area contributed by atoms with E-state index in [1.807, 2.05) is 11.8 Å². The summed E-state index contributed by atoms with van der Waals surface area (Å²) in [4.78, 5) is 23.1. The molecule has 0 radical (unpaired) electrons. The molecule has 1 fully saturated rings. The quantitative estimate of drug-likeness (QED) is 0.579. The first-order valence-electron chi connectivity index (χ1n) is 9.80. The Labute approximate surface area is 167 Å². The molecule has 1 aromatic heterocycles. The average molecular weight is 407 g/mol. The molecular weight excluding hydrogens is 383 g/mol. The summed E-state index contributed by atoms with van der Waals surface area (Å²) in [5.41, 5.74) is -0.283. The van der Waals surface area contributed by atoms with Crippen LogP contribution in [0.25, 0.3) is 11.4 Å². The van der Waals surface area contributed by atoms with Crippen LogP contribution in [0.5, 0.6) is 0 Å². The number of aromatic nitrogens is 2. The second-order valence-electron chi connectivity index (χ2n) is 7.12. The summed E-state index contributed by atoms with van der Waals surface area (Å²) < 4.78 is 44.4. The summed E-state index contributed by atoms with van der Waals surface area (Å²) >= 11 is 0. The standard InChI is InChI=1S/C21H24F3N3O2/c1-3-10-27(13-14-8-9-14)19-17(20(28)29-4-2)12-25-18(26-19)15-6-5-7-16(11-15)21(22,23)24/h5-7,11-12,14H,3-4,8-10,13H2,1-2H3. The van der Waals surface area contributed by atoms with Gasteiger partial charge in [0.15, 0.2) is 5.82 Å². The number of hydrogen-bond acceptors (Lipinski definition) is 5. The molecule has 3 rings (SSSR count). The summed E-state index contributed by atoms with van der Waals surface area (Å²) in [6.45, 7) is 5.38. The second-order valence-corrected chi connectivity index (χ2v) is 7.12. The lowest BCUT2D eigenvalue weighted by Gasteiger charge is -2.25. The first-order chi connectivity index (χ1) is 13.8. The molecule has 156 valence electrons.